The molecule has 0 atom stereocenters. The van der Waals surface area contributed by atoms with E-state index in [0.717, 1.165) is 43.6 Å². The fourth-order valence-electron chi connectivity index (χ4n) is 2.79. The highest BCUT2D eigenvalue weighted by atomic mass is 32.1. The monoisotopic (exact) mass is 308 g/mol. The number of guanidine groups is 1. The predicted octanol–water partition coefficient (Wildman–Crippen LogP) is 3.00. The average molecular weight is 308 g/mol. The first-order valence-electron chi connectivity index (χ1n) is 7.87. The summed E-state index contributed by atoms with van der Waals surface area (Å²) in [5.74, 6) is 1.07. The molecule has 4 nitrogen and oxygen atoms in total. The van der Waals surface area contributed by atoms with E-state index in [-0.39, 0.29) is 0 Å². The summed E-state index contributed by atoms with van der Waals surface area (Å²) in [6.45, 7) is 14.9. The highest BCUT2D eigenvalue weighted by molar-refractivity contribution is 7.11. The highest BCUT2D eigenvalue weighted by Gasteiger charge is 2.30. The van der Waals surface area contributed by atoms with E-state index >= 15 is 0 Å². The predicted molar refractivity (Wildman–Crippen MR) is 91.2 cm³/mol. The smallest absolute Gasteiger partial charge is 0.193 e. The summed E-state index contributed by atoms with van der Waals surface area (Å²) in [7, 11) is 0. The summed E-state index contributed by atoms with van der Waals surface area (Å²) in [4.78, 5) is 13.1. The van der Waals surface area contributed by atoms with E-state index in [1.165, 1.54) is 17.0 Å². The zero-order valence-electron chi connectivity index (χ0n) is 14.0. The van der Waals surface area contributed by atoms with Gasteiger partial charge in [0.25, 0.3) is 0 Å². The van der Waals surface area contributed by atoms with Crippen LogP contribution in [0, 0.1) is 19.3 Å². The molecule has 1 aliphatic rings. The van der Waals surface area contributed by atoms with Crippen LogP contribution in [-0.2, 0) is 6.42 Å². The maximum atomic E-state index is 4.82. The number of rotatable bonds is 4. The van der Waals surface area contributed by atoms with E-state index in [9.17, 15) is 0 Å². The lowest BCUT2D eigenvalue weighted by atomic mass is 9.93. The molecule has 0 aliphatic carbocycles. The van der Waals surface area contributed by atoms with Crippen LogP contribution < -0.4 is 5.32 Å². The van der Waals surface area contributed by atoms with Gasteiger partial charge in [-0.3, -0.25) is 4.99 Å². The first-order valence-corrected chi connectivity index (χ1v) is 8.69. The van der Waals surface area contributed by atoms with Gasteiger partial charge in [0.1, 0.15) is 0 Å². The summed E-state index contributed by atoms with van der Waals surface area (Å²) in [6, 6.07) is 0. The van der Waals surface area contributed by atoms with Crippen LogP contribution in [0.25, 0.3) is 0 Å². The van der Waals surface area contributed by atoms with Crippen molar-refractivity contribution in [3.63, 3.8) is 0 Å². The molecule has 1 saturated heterocycles. The molecule has 1 fully saturated rings. The molecule has 0 amide bonds. The molecule has 2 rings (SSSR count). The summed E-state index contributed by atoms with van der Waals surface area (Å²) in [5, 5.41) is 4.58. The number of hydrogen-bond acceptors (Lipinski definition) is 3. The molecule has 21 heavy (non-hydrogen) atoms. The molecule has 5 heteroatoms. The molecular weight excluding hydrogens is 280 g/mol. The second-order valence-electron chi connectivity index (χ2n) is 6.56. The minimum atomic E-state index is 0.404. The van der Waals surface area contributed by atoms with Crippen molar-refractivity contribution in [3.8, 4) is 0 Å². The van der Waals surface area contributed by atoms with Crippen molar-refractivity contribution in [2.75, 3.05) is 26.2 Å². The van der Waals surface area contributed by atoms with Gasteiger partial charge in [-0.15, -0.1) is 11.3 Å². The van der Waals surface area contributed by atoms with E-state index in [1.54, 1.807) is 11.3 Å². The Morgan fingerprint density at radius 1 is 1.43 bits per heavy atom. The first-order chi connectivity index (χ1) is 9.91. The quantitative estimate of drug-likeness (QED) is 0.686. The maximum absolute atomic E-state index is 4.82. The zero-order chi connectivity index (χ0) is 15.5. The van der Waals surface area contributed by atoms with Crippen molar-refractivity contribution in [3.05, 3.63) is 15.6 Å². The van der Waals surface area contributed by atoms with Gasteiger partial charge in [0.2, 0.25) is 0 Å². The van der Waals surface area contributed by atoms with Gasteiger partial charge in [-0.1, -0.05) is 13.8 Å². The SMILES string of the molecule is CCNC(=NCCc1sc(C)nc1C)N1CCC(C)(C)C1. The largest absolute Gasteiger partial charge is 0.357 e. The van der Waals surface area contributed by atoms with Crippen molar-refractivity contribution in [1.82, 2.24) is 15.2 Å². The molecule has 0 bridgehead atoms. The molecule has 0 unspecified atom stereocenters. The number of aliphatic imine (C=N–C) groups is 1. The molecule has 1 aliphatic heterocycles. The molecule has 2 heterocycles. The Balaban J connectivity index is 1.96. The third-order valence-electron chi connectivity index (χ3n) is 3.91. The van der Waals surface area contributed by atoms with Gasteiger partial charge in [0.15, 0.2) is 5.96 Å². The third kappa shape index (κ3) is 4.43. The van der Waals surface area contributed by atoms with Gasteiger partial charge in [-0.25, -0.2) is 4.98 Å². The zero-order valence-corrected chi connectivity index (χ0v) is 14.8. The number of nitrogens with zero attached hydrogens (tertiary/aromatic N) is 3. The fourth-order valence-corrected chi connectivity index (χ4v) is 3.71. The van der Waals surface area contributed by atoms with Crippen LogP contribution in [0.5, 0.6) is 0 Å². The van der Waals surface area contributed by atoms with Crippen LogP contribution in [0.15, 0.2) is 4.99 Å². The van der Waals surface area contributed by atoms with Crippen LogP contribution in [0.4, 0.5) is 0 Å². The molecule has 1 aromatic rings. The highest BCUT2D eigenvalue weighted by Crippen LogP contribution is 2.28. The minimum Gasteiger partial charge on any atom is -0.357 e. The number of hydrogen-bond donors (Lipinski definition) is 1. The molecule has 118 valence electrons. The van der Waals surface area contributed by atoms with Crippen molar-refractivity contribution in [2.45, 2.75) is 47.5 Å². The van der Waals surface area contributed by atoms with E-state index in [4.69, 9.17) is 4.99 Å². The molecule has 0 radical (unpaired) electrons. The van der Waals surface area contributed by atoms with Crippen molar-refractivity contribution < 1.29 is 0 Å². The third-order valence-corrected chi connectivity index (χ3v) is 5.04. The average Bonchev–Trinajstić information content (AvgIpc) is 2.91. The Morgan fingerprint density at radius 2 is 2.19 bits per heavy atom. The molecular formula is C16H28N4S. The molecule has 0 spiro atoms. The Kier molecular flexibility index (Phi) is 5.25. The topological polar surface area (TPSA) is 40.5 Å². The van der Waals surface area contributed by atoms with Crippen LogP contribution >= 0.6 is 11.3 Å². The second-order valence-corrected chi connectivity index (χ2v) is 7.85. The Morgan fingerprint density at radius 3 is 2.71 bits per heavy atom. The fraction of sp³-hybridized carbons (Fsp3) is 0.750. The van der Waals surface area contributed by atoms with Gasteiger partial charge in [0, 0.05) is 37.5 Å². The molecule has 0 aromatic carbocycles. The summed E-state index contributed by atoms with van der Waals surface area (Å²) in [5.41, 5.74) is 1.57. The van der Waals surface area contributed by atoms with Crippen LogP contribution in [0.2, 0.25) is 0 Å². The van der Waals surface area contributed by atoms with Crippen molar-refractivity contribution in [2.24, 2.45) is 10.4 Å². The number of likely N-dealkylation sites (tertiary alicyclic amines) is 1. The van der Waals surface area contributed by atoms with Gasteiger partial charge in [0.05, 0.1) is 10.7 Å². The lowest BCUT2D eigenvalue weighted by molar-refractivity contribution is 0.370. The van der Waals surface area contributed by atoms with Crippen molar-refractivity contribution in [1.29, 1.82) is 0 Å². The van der Waals surface area contributed by atoms with Crippen LogP contribution in [0.1, 0.15) is 42.8 Å². The Hall–Kier alpha value is -1.10. The first kappa shape index (κ1) is 16.3. The molecule has 1 aromatic heterocycles. The maximum Gasteiger partial charge on any atom is 0.193 e. The number of aryl methyl sites for hydroxylation is 2. The summed E-state index contributed by atoms with van der Waals surface area (Å²) < 4.78 is 0. The Bertz CT molecular complexity index is 504. The van der Waals surface area contributed by atoms with Crippen LogP contribution in [-0.4, -0.2) is 42.0 Å². The van der Waals surface area contributed by atoms with E-state index in [0.29, 0.717) is 5.41 Å². The van der Waals surface area contributed by atoms with Gasteiger partial charge in [-0.2, -0.15) is 0 Å². The number of thiazole rings is 1. The van der Waals surface area contributed by atoms with Crippen LogP contribution in [0.3, 0.4) is 0 Å². The van der Waals surface area contributed by atoms with E-state index < -0.39 is 0 Å². The normalized spacial score (nSPS) is 18.3. The molecule has 1 N–H and O–H groups in total. The van der Waals surface area contributed by atoms with Gasteiger partial charge >= 0.3 is 0 Å². The van der Waals surface area contributed by atoms with Gasteiger partial charge < -0.3 is 10.2 Å². The standard InChI is InChI=1S/C16H28N4S/c1-6-17-15(20-10-8-16(4,5)11-20)18-9-7-14-12(2)19-13(3)21-14/h6-11H2,1-5H3,(H,17,18). The summed E-state index contributed by atoms with van der Waals surface area (Å²) >= 11 is 1.80. The second kappa shape index (κ2) is 6.77. The lowest BCUT2D eigenvalue weighted by Crippen LogP contribution is -2.40. The Labute approximate surface area is 132 Å². The lowest BCUT2D eigenvalue weighted by Gasteiger charge is -2.23. The molecule has 0 saturated carbocycles. The number of aromatic nitrogens is 1. The van der Waals surface area contributed by atoms with Crippen molar-refractivity contribution >= 4 is 17.3 Å². The summed E-state index contributed by atoms with van der Waals surface area (Å²) in [6.07, 6.45) is 2.23. The van der Waals surface area contributed by atoms with E-state index in [1.807, 2.05) is 0 Å². The minimum absolute atomic E-state index is 0.404. The van der Waals surface area contributed by atoms with E-state index in [2.05, 4.69) is 49.8 Å². The van der Waals surface area contributed by atoms with Gasteiger partial charge in [-0.05, 0) is 32.6 Å². The number of nitrogens with one attached hydrogen (secondary N) is 1.